The number of aromatic nitrogens is 4. The highest BCUT2D eigenvalue weighted by molar-refractivity contribution is 7.33. The Bertz CT molecular complexity index is 3440. The second-order valence-electron chi connectivity index (χ2n) is 24.8. The Morgan fingerprint density at radius 2 is 0.948 bits per heavy atom. The molecular weight excluding hydrogens is 1020 g/mol. The minimum absolute atomic E-state index is 0.0755. The van der Waals surface area contributed by atoms with Crippen LogP contribution in [0.25, 0.3) is 83.5 Å². The predicted octanol–water partition coefficient (Wildman–Crippen LogP) is 23.4. The minimum atomic E-state index is -0.0755. The Kier molecular flexibility index (Phi) is 18.8. The van der Waals surface area contributed by atoms with Crippen molar-refractivity contribution in [3.63, 3.8) is 0 Å². The lowest BCUT2D eigenvalue weighted by Crippen LogP contribution is -2.13. The number of imidazole rings is 1. The number of hydrogen-bond donors (Lipinski definition) is 0. The molecule has 2 aromatic carbocycles. The molecular formula is C68H94N4OS4. The number of hydrogen-bond acceptors (Lipinski definition) is 6. The Hall–Kier alpha value is -3.50. The van der Waals surface area contributed by atoms with Crippen LogP contribution in [-0.4, -0.2) is 24.6 Å². The smallest absolute Gasteiger partial charge is 0.264 e. The van der Waals surface area contributed by atoms with Crippen LogP contribution in [0.4, 0.5) is 0 Å². The van der Waals surface area contributed by atoms with Crippen molar-refractivity contribution in [1.82, 2.24) is 18.7 Å². The van der Waals surface area contributed by atoms with Crippen molar-refractivity contribution in [1.29, 1.82) is 0 Å². The van der Waals surface area contributed by atoms with Crippen molar-refractivity contribution in [2.75, 3.05) is 0 Å². The quantitative estimate of drug-likeness (QED) is 0.0395. The highest BCUT2D eigenvalue weighted by Gasteiger charge is 2.38. The summed E-state index contributed by atoms with van der Waals surface area (Å²) in [4.78, 5) is 21.4. The minimum Gasteiger partial charge on any atom is -0.337 e. The monoisotopic (exact) mass is 1110 g/mol. The fourth-order valence-electron chi connectivity index (χ4n) is 13.3. The van der Waals surface area contributed by atoms with Gasteiger partial charge in [-0.3, -0.25) is 9.36 Å². The fourth-order valence-corrected chi connectivity index (χ4v) is 18.8. The van der Waals surface area contributed by atoms with Crippen molar-refractivity contribution in [3.05, 3.63) is 51.2 Å². The third-order valence-electron chi connectivity index (χ3n) is 18.1. The van der Waals surface area contributed by atoms with E-state index in [9.17, 15) is 0 Å². The number of rotatable bonds is 32. The lowest BCUT2D eigenvalue weighted by molar-refractivity contribution is 0.0973. The van der Waals surface area contributed by atoms with Crippen molar-refractivity contribution in [3.8, 4) is 11.4 Å². The summed E-state index contributed by atoms with van der Waals surface area (Å²) < 4.78 is 16.5. The Balaban J connectivity index is 1.20. The normalized spacial score (nSPS) is 14.0. The second-order valence-corrected chi connectivity index (χ2v) is 28.6. The molecule has 0 amide bonds. The van der Waals surface area contributed by atoms with E-state index < -0.39 is 0 Å². The maximum Gasteiger partial charge on any atom is 0.264 e. The van der Waals surface area contributed by atoms with Crippen LogP contribution in [0.15, 0.2) is 29.0 Å². The van der Waals surface area contributed by atoms with Gasteiger partial charge in [0.1, 0.15) is 11.3 Å². The van der Waals surface area contributed by atoms with E-state index in [1.54, 1.807) is 5.56 Å². The molecule has 0 N–H and O–H groups in total. The molecule has 9 aromatic rings. The summed E-state index contributed by atoms with van der Waals surface area (Å²) in [5, 5.41) is 7.61. The maximum atomic E-state index is 15.6. The first-order chi connectivity index (χ1) is 37.6. The van der Waals surface area contributed by atoms with E-state index in [0.717, 1.165) is 66.8 Å². The van der Waals surface area contributed by atoms with Crippen molar-refractivity contribution in [2.45, 2.75) is 261 Å². The van der Waals surface area contributed by atoms with Gasteiger partial charge in [-0.15, -0.1) is 45.3 Å². The number of benzene rings is 2. The van der Waals surface area contributed by atoms with Gasteiger partial charge in [0.15, 0.2) is 0 Å². The topological polar surface area (TPSA) is 44.8 Å². The number of carbonyl (C=O) groups excluding carboxylic acids is 1. The van der Waals surface area contributed by atoms with Crippen molar-refractivity contribution >= 4 is 123 Å². The molecule has 0 saturated carbocycles. The summed E-state index contributed by atoms with van der Waals surface area (Å²) in [6.45, 7) is 23.0. The Morgan fingerprint density at radius 3 is 1.42 bits per heavy atom. The number of aryl methyl sites for hydroxylation is 2. The molecule has 0 aliphatic carbocycles. The largest absolute Gasteiger partial charge is 0.337 e. The van der Waals surface area contributed by atoms with Gasteiger partial charge in [0.05, 0.1) is 61.3 Å². The molecule has 1 aliphatic heterocycles. The van der Waals surface area contributed by atoms with Crippen LogP contribution in [0.5, 0.6) is 0 Å². The van der Waals surface area contributed by atoms with Gasteiger partial charge < -0.3 is 9.13 Å². The van der Waals surface area contributed by atoms with E-state index in [2.05, 4.69) is 116 Å². The van der Waals surface area contributed by atoms with Gasteiger partial charge in [0, 0.05) is 29.4 Å². The molecule has 2 unspecified atom stereocenters. The first kappa shape index (κ1) is 56.8. The van der Waals surface area contributed by atoms with Gasteiger partial charge in [-0.25, -0.2) is 4.98 Å². The average Bonchev–Trinajstić information content (AvgIpc) is 4.51. The molecule has 8 heterocycles. The van der Waals surface area contributed by atoms with Crippen LogP contribution < -0.4 is 0 Å². The molecule has 0 radical (unpaired) electrons. The zero-order valence-corrected chi connectivity index (χ0v) is 52.4. The molecule has 77 heavy (non-hydrogen) atoms. The third kappa shape index (κ3) is 11.2. The third-order valence-corrected chi connectivity index (χ3v) is 23.0. The highest BCUT2D eigenvalue weighted by atomic mass is 32.1. The summed E-state index contributed by atoms with van der Waals surface area (Å²) in [7, 11) is 0. The van der Waals surface area contributed by atoms with Gasteiger partial charge in [-0.1, -0.05) is 216 Å². The SMILES string of the molecule is CCCCCCCCCCCc1csc2c1sc1c3c4nc5n(c4c4c6sc7c(CCCCCCCCCCC)csc7c6n(CC(CC)CCCC)c4c3n(CC(CC)CCCC)c21)C(=O)c1cc(C(C)(C)C)ccc1-5. The van der Waals surface area contributed by atoms with Crippen LogP contribution >= 0.6 is 45.3 Å². The molecule has 416 valence electrons. The van der Waals surface area contributed by atoms with Crippen LogP contribution in [0.3, 0.4) is 0 Å². The van der Waals surface area contributed by atoms with E-state index in [-0.39, 0.29) is 11.3 Å². The maximum absolute atomic E-state index is 15.6. The first-order valence-corrected chi connectivity index (χ1v) is 34.9. The number of unbranched alkanes of at least 4 members (excludes halogenated alkanes) is 18. The molecule has 0 spiro atoms. The van der Waals surface area contributed by atoms with Crippen LogP contribution in [0.2, 0.25) is 0 Å². The molecule has 1 aliphatic rings. The molecule has 5 nitrogen and oxygen atoms in total. The lowest BCUT2D eigenvalue weighted by atomic mass is 9.85. The fraction of sp³-hybridized carbons (Fsp3) is 0.618. The summed E-state index contributed by atoms with van der Waals surface area (Å²) in [6, 6.07) is 6.66. The molecule has 0 fully saturated rings. The van der Waals surface area contributed by atoms with Gasteiger partial charge in [0.2, 0.25) is 0 Å². The van der Waals surface area contributed by atoms with Gasteiger partial charge in [0.25, 0.3) is 5.91 Å². The van der Waals surface area contributed by atoms with E-state index in [1.165, 1.54) is 226 Å². The Morgan fingerprint density at radius 1 is 0.494 bits per heavy atom. The molecule has 7 aromatic heterocycles. The molecule has 2 atom stereocenters. The zero-order chi connectivity index (χ0) is 53.8. The first-order valence-electron chi connectivity index (χ1n) is 31.5. The molecule has 0 saturated heterocycles. The second kappa shape index (κ2) is 25.5. The van der Waals surface area contributed by atoms with Crippen molar-refractivity contribution < 1.29 is 4.79 Å². The molecule has 10 rings (SSSR count). The summed E-state index contributed by atoms with van der Waals surface area (Å²) in [6.07, 6.45) is 36.3. The Labute approximate surface area is 478 Å². The average molecular weight is 1110 g/mol. The number of nitrogens with zero attached hydrogens (tertiary/aromatic N) is 4. The van der Waals surface area contributed by atoms with E-state index in [0.29, 0.717) is 11.8 Å². The zero-order valence-electron chi connectivity index (χ0n) is 49.1. The highest BCUT2D eigenvalue weighted by Crippen LogP contribution is 2.55. The van der Waals surface area contributed by atoms with Gasteiger partial charge in [-0.05, 0) is 89.3 Å². The lowest BCUT2D eigenvalue weighted by Gasteiger charge is -2.20. The number of fused-ring (bicyclic) bond motifs is 18. The van der Waals surface area contributed by atoms with Crippen LogP contribution in [0, 0.1) is 11.8 Å². The summed E-state index contributed by atoms with van der Waals surface area (Å²) in [5.41, 5.74) is 13.6. The molecule has 9 heteroatoms. The van der Waals surface area contributed by atoms with E-state index >= 15 is 4.79 Å². The number of carbonyl (C=O) groups is 1. The van der Waals surface area contributed by atoms with Crippen LogP contribution in [-0.2, 0) is 31.3 Å². The van der Waals surface area contributed by atoms with E-state index in [4.69, 9.17) is 4.98 Å². The van der Waals surface area contributed by atoms with Crippen molar-refractivity contribution in [2.24, 2.45) is 11.8 Å². The van der Waals surface area contributed by atoms with Crippen LogP contribution in [0.1, 0.15) is 256 Å². The van der Waals surface area contributed by atoms with Gasteiger partial charge in [-0.2, -0.15) is 0 Å². The summed E-state index contributed by atoms with van der Waals surface area (Å²) >= 11 is 8.08. The van der Waals surface area contributed by atoms with E-state index in [1.807, 2.05) is 34.0 Å². The summed E-state index contributed by atoms with van der Waals surface area (Å²) in [5.74, 6) is 2.03. The standard InChI is InChI=1S/C68H94N4OS4/c1-10-16-20-22-24-26-28-30-32-36-47-43-74-64-58-62(76-60(47)64)52-54-55(72-66(69-54)50-39-38-49(68(7,8)9)40-51(50)67(72)73)53-57(56(52)70(58)41-45(14-5)34-18-12-3)71(42-46(15-6)35-19-13-4)59-63(53)77-61-48(44-75-65(59)61)37-33-31-29-27-25-23-21-17-11-2/h38-40,43-46H,10-37,41-42H2,1-9H3. The molecule has 0 bridgehead atoms. The number of thiophene rings is 4. The predicted molar refractivity (Wildman–Crippen MR) is 345 cm³/mol. The van der Waals surface area contributed by atoms with Gasteiger partial charge >= 0.3 is 0 Å².